The number of amides is 2. The summed E-state index contributed by atoms with van der Waals surface area (Å²) in [5.41, 5.74) is 3.37. The molecule has 7 nitrogen and oxygen atoms in total. The second-order valence-corrected chi connectivity index (χ2v) is 11.3. The standard InChI is InChI=1S/C39H39N3O4/c1-28(30-16-7-3-8-17-30)41(26-36(43)32-20-11-5-12-21-32)38(45)34-24-15-25-35(40-34)39(46)42(29(2)31-18-9-4-10-19-31)27-37(44)33-22-13-6-14-23-33/h3-25,28-29,36-37,43-44H,26-27H2,1-2H3/t28-,29-,36-,37-/m0/s1. The Morgan fingerprint density at radius 2 is 0.804 bits per heavy atom. The third kappa shape index (κ3) is 7.75. The Morgan fingerprint density at radius 1 is 0.500 bits per heavy atom. The first kappa shape index (κ1) is 32.3. The number of hydrogen-bond acceptors (Lipinski definition) is 5. The second-order valence-electron chi connectivity index (χ2n) is 11.3. The van der Waals surface area contributed by atoms with Gasteiger partial charge in [-0.2, -0.15) is 0 Å². The minimum absolute atomic E-state index is 0.0270. The van der Waals surface area contributed by atoms with Crippen LogP contribution in [-0.2, 0) is 0 Å². The Balaban J connectivity index is 1.46. The number of pyridine rings is 1. The van der Waals surface area contributed by atoms with Crippen LogP contribution in [-0.4, -0.2) is 49.9 Å². The monoisotopic (exact) mass is 613 g/mol. The Bertz CT molecular complexity index is 1580. The molecule has 5 rings (SSSR count). The molecular formula is C39H39N3O4. The molecule has 4 atom stereocenters. The maximum absolute atomic E-state index is 14.2. The largest absolute Gasteiger partial charge is 0.387 e. The van der Waals surface area contributed by atoms with E-state index in [1.165, 1.54) is 0 Å². The topological polar surface area (TPSA) is 94.0 Å². The number of rotatable bonds is 12. The zero-order chi connectivity index (χ0) is 32.5. The van der Waals surface area contributed by atoms with Crippen LogP contribution in [0.5, 0.6) is 0 Å². The summed E-state index contributed by atoms with van der Waals surface area (Å²) in [5, 5.41) is 22.3. The molecule has 0 aliphatic carbocycles. The van der Waals surface area contributed by atoms with Crippen LogP contribution in [0.25, 0.3) is 0 Å². The van der Waals surface area contributed by atoms with E-state index in [4.69, 9.17) is 0 Å². The Kier molecular flexibility index (Phi) is 10.7. The first-order chi connectivity index (χ1) is 22.3. The zero-order valence-corrected chi connectivity index (χ0v) is 26.1. The van der Waals surface area contributed by atoms with Gasteiger partial charge in [0.2, 0.25) is 0 Å². The van der Waals surface area contributed by atoms with Gasteiger partial charge in [-0.15, -0.1) is 0 Å². The lowest BCUT2D eigenvalue weighted by Gasteiger charge is -2.32. The maximum Gasteiger partial charge on any atom is 0.273 e. The molecule has 234 valence electrons. The van der Waals surface area contributed by atoms with Crippen LogP contribution in [0.1, 0.15) is 81.4 Å². The van der Waals surface area contributed by atoms with Gasteiger partial charge in [0.05, 0.1) is 37.4 Å². The van der Waals surface area contributed by atoms with Gasteiger partial charge in [-0.05, 0) is 48.2 Å². The predicted octanol–water partition coefficient (Wildman–Crippen LogP) is 6.96. The van der Waals surface area contributed by atoms with Gasteiger partial charge in [0.1, 0.15) is 11.4 Å². The van der Waals surface area contributed by atoms with Crippen LogP contribution in [0.2, 0.25) is 0 Å². The Morgan fingerprint density at radius 3 is 1.13 bits per heavy atom. The minimum Gasteiger partial charge on any atom is -0.387 e. The van der Waals surface area contributed by atoms with Crippen molar-refractivity contribution in [3.8, 4) is 0 Å². The maximum atomic E-state index is 14.2. The second kappa shape index (κ2) is 15.3. The molecule has 46 heavy (non-hydrogen) atoms. The molecule has 0 aliphatic rings. The number of aliphatic hydroxyl groups is 2. The lowest BCUT2D eigenvalue weighted by atomic mass is 10.0. The van der Waals surface area contributed by atoms with Gasteiger partial charge in [0.15, 0.2) is 0 Å². The van der Waals surface area contributed by atoms with Crippen molar-refractivity contribution in [3.05, 3.63) is 173 Å². The summed E-state index contributed by atoms with van der Waals surface area (Å²) in [6.45, 7) is 3.88. The van der Waals surface area contributed by atoms with E-state index in [0.29, 0.717) is 11.1 Å². The lowest BCUT2D eigenvalue weighted by molar-refractivity contribution is 0.0511. The quantitative estimate of drug-likeness (QED) is 0.159. The minimum atomic E-state index is -0.928. The molecule has 0 spiro atoms. The van der Waals surface area contributed by atoms with Crippen molar-refractivity contribution in [1.82, 2.24) is 14.8 Å². The van der Waals surface area contributed by atoms with Crippen LogP contribution >= 0.6 is 0 Å². The van der Waals surface area contributed by atoms with Crippen LogP contribution in [0.15, 0.2) is 140 Å². The molecule has 0 saturated heterocycles. The number of aliphatic hydroxyl groups excluding tert-OH is 2. The summed E-state index contributed by atoms with van der Waals surface area (Å²) in [7, 11) is 0. The summed E-state index contributed by atoms with van der Waals surface area (Å²) >= 11 is 0. The van der Waals surface area contributed by atoms with Crippen molar-refractivity contribution in [3.63, 3.8) is 0 Å². The van der Waals surface area contributed by atoms with E-state index in [1.807, 2.05) is 135 Å². The number of aromatic nitrogens is 1. The zero-order valence-electron chi connectivity index (χ0n) is 26.1. The van der Waals surface area contributed by atoms with Gasteiger partial charge < -0.3 is 20.0 Å². The molecule has 0 fully saturated rings. The van der Waals surface area contributed by atoms with E-state index >= 15 is 0 Å². The highest BCUT2D eigenvalue weighted by Gasteiger charge is 2.30. The highest BCUT2D eigenvalue weighted by molar-refractivity contribution is 5.96. The van der Waals surface area contributed by atoms with Crippen molar-refractivity contribution >= 4 is 11.8 Å². The van der Waals surface area contributed by atoms with Gasteiger partial charge in [-0.25, -0.2) is 4.98 Å². The van der Waals surface area contributed by atoms with Gasteiger partial charge in [-0.3, -0.25) is 9.59 Å². The van der Waals surface area contributed by atoms with Crippen LogP contribution < -0.4 is 0 Å². The van der Waals surface area contributed by atoms with Crippen molar-refractivity contribution in [2.45, 2.75) is 38.1 Å². The van der Waals surface area contributed by atoms with E-state index in [0.717, 1.165) is 11.1 Å². The van der Waals surface area contributed by atoms with Crippen LogP contribution in [0.3, 0.4) is 0 Å². The van der Waals surface area contributed by atoms with E-state index in [2.05, 4.69) is 4.98 Å². The number of nitrogens with zero attached hydrogens (tertiary/aromatic N) is 3. The first-order valence-corrected chi connectivity index (χ1v) is 15.5. The molecule has 0 radical (unpaired) electrons. The summed E-state index contributed by atoms with van der Waals surface area (Å²) in [6.07, 6.45) is -1.86. The molecule has 4 aromatic carbocycles. The highest BCUT2D eigenvalue weighted by Crippen LogP contribution is 2.28. The summed E-state index contributed by atoms with van der Waals surface area (Å²) in [5.74, 6) is -0.819. The molecule has 7 heteroatoms. The van der Waals surface area contributed by atoms with Crippen molar-refractivity contribution in [1.29, 1.82) is 0 Å². The molecule has 0 bridgehead atoms. The SMILES string of the molecule is C[C@@H](c1ccccc1)N(C[C@H](O)c1ccccc1)C(=O)c1cccc(C(=O)N(C[C@H](O)c2ccccc2)[C@@H](C)c2ccccc2)n1. The van der Waals surface area contributed by atoms with Crippen molar-refractivity contribution in [2.24, 2.45) is 0 Å². The summed E-state index contributed by atoms with van der Waals surface area (Å²) in [6, 6.07) is 41.7. The van der Waals surface area contributed by atoms with E-state index in [1.54, 1.807) is 28.0 Å². The number of carbonyl (C=O) groups is 2. The molecule has 0 saturated carbocycles. The average Bonchev–Trinajstić information content (AvgIpc) is 3.13. The van der Waals surface area contributed by atoms with Gasteiger partial charge in [0, 0.05) is 0 Å². The number of benzene rings is 4. The van der Waals surface area contributed by atoms with Crippen molar-refractivity contribution in [2.75, 3.05) is 13.1 Å². The number of hydrogen-bond donors (Lipinski definition) is 2. The average molecular weight is 614 g/mol. The molecule has 2 amide bonds. The smallest absolute Gasteiger partial charge is 0.273 e. The lowest BCUT2D eigenvalue weighted by Crippen LogP contribution is -2.39. The summed E-state index contributed by atoms with van der Waals surface area (Å²) < 4.78 is 0. The molecule has 5 aromatic rings. The fourth-order valence-electron chi connectivity index (χ4n) is 5.56. The van der Waals surface area contributed by atoms with E-state index in [-0.39, 0.29) is 36.6 Å². The Hall–Kier alpha value is -5.11. The molecular weight excluding hydrogens is 574 g/mol. The molecule has 0 aliphatic heterocycles. The van der Waals surface area contributed by atoms with E-state index < -0.39 is 24.0 Å². The normalized spacial score (nSPS) is 13.7. The van der Waals surface area contributed by atoms with Gasteiger partial charge >= 0.3 is 0 Å². The fourth-order valence-corrected chi connectivity index (χ4v) is 5.56. The molecule has 2 N–H and O–H groups in total. The van der Waals surface area contributed by atoms with E-state index in [9.17, 15) is 19.8 Å². The highest BCUT2D eigenvalue weighted by atomic mass is 16.3. The van der Waals surface area contributed by atoms with Crippen LogP contribution in [0.4, 0.5) is 0 Å². The predicted molar refractivity (Wildman–Crippen MR) is 179 cm³/mol. The van der Waals surface area contributed by atoms with Gasteiger partial charge in [-0.1, -0.05) is 127 Å². The third-order valence-electron chi connectivity index (χ3n) is 8.32. The molecule has 0 unspecified atom stereocenters. The first-order valence-electron chi connectivity index (χ1n) is 15.5. The molecule has 1 aromatic heterocycles. The fraction of sp³-hybridized carbons (Fsp3) is 0.205. The van der Waals surface area contributed by atoms with Crippen molar-refractivity contribution < 1.29 is 19.8 Å². The molecule has 1 heterocycles. The van der Waals surface area contributed by atoms with Gasteiger partial charge in [0.25, 0.3) is 11.8 Å². The summed E-state index contributed by atoms with van der Waals surface area (Å²) in [4.78, 5) is 36.1. The third-order valence-corrected chi connectivity index (χ3v) is 8.32. The Labute approximate surface area is 270 Å². The number of carbonyl (C=O) groups excluding carboxylic acids is 2. The van der Waals surface area contributed by atoms with Crippen LogP contribution in [0, 0.1) is 0 Å².